The van der Waals surface area contributed by atoms with Crippen LogP contribution >= 0.6 is 17.0 Å². The molecule has 182 valence electrons. The fourth-order valence-electron chi connectivity index (χ4n) is 4.06. The zero-order chi connectivity index (χ0) is 25.9. The molecule has 2 heterocycles. The van der Waals surface area contributed by atoms with Crippen LogP contribution in [-0.4, -0.2) is 9.52 Å². The Kier molecular flexibility index (Phi) is 11.5. The quantitative estimate of drug-likeness (QED) is 0.144. The zero-order valence-electron chi connectivity index (χ0n) is 20.8. The Bertz CT molecular complexity index is 1340. The molecule has 6 rings (SSSR count). The molecule has 4 aromatic carbocycles. The number of hydrogen-bond acceptors (Lipinski definition) is 2. The molecule has 0 saturated heterocycles. The van der Waals surface area contributed by atoms with E-state index in [1.165, 1.54) is 43.8 Å². The van der Waals surface area contributed by atoms with E-state index in [0.717, 1.165) is 21.0 Å². The van der Waals surface area contributed by atoms with Crippen molar-refractivity contribution in [3.63, 3.8) is 0 Å². The molecule has 0 atom stereocenters. The summed E-state index contributed by atoms with van der Waals surface area (Å²) in [5.74, 6) is 1.87. The van der Waals surface area contributed by atoms with Gasteiger partial charge in [-0.15, -0.1) is 69.1 Å². The second kappa shape index (κ2) is 14.6. The summed E-state index contributed by atoms with van der Waals surface area (Å²) >= 11 is -0.826. The van der Waals surface area contributed by atoms with Gasteiger partial charge in [-0.3, -0.25) is 0 Å². The standard InChI is InChI=1S/2C14H11O.C2H6Si.2ClH.Zr/c2*1-10-8-11-4-2-5-12(13(11)9-10)14-6-3-7-15-14;1-3-2;;;/h2*2-9H,1H3;1-2H3;2*1H;/q2*-1;;;;+4/p-2. The molecule has 0 N–H and O–H groups in total. The van der Waals surface area contributed by atoms with Gasteiger partial charge in [0.05, 0.1) is 12.5 Å². The second-order valence-electron chi connectivity index (χ2n) is 8.21. The first-order valence-electron chi connectivity index (χ1n) is 11.5. The third-order valence-electron chi connectivity index (χ3n) is 5.36. The third kappa shape index (κ3) is 7.46. The second-order valence-corrected chi connectivity index (χ2v) is 12.9. The molecule has 0 bridgehead atoms. The molecular formula is C30H28Cl2O2SiZr. The van der Waals surface area contributed by atoms with Crippen molar-refractivity contribution in [1.82, 2.24) is 0 Å². The molecule has 0 fully saturated rings. The molecule has 0 saturated carbocycles. The van der Waals surface area contributed by atoms with Gasteiger partial charge in [-0.2, -0.15) is 12.1 Å². The van der Waals surface area contributed by atoms with Crippen molar-refractivity contribution in [3.05, 3.63) is 109 Å². The summed E-state index contributed by atoms with van der Waals surface area (Å²) in [4.78, 5) is 0. The first-order valence-corrected chi connectivity index (χ1v) is 19.8. The van der Waals surface area contributed by atoms with Gasteiger partial charge in [-0.1, -0.05) is 39.1 Å². The molecule has 0 aliphatic rings. The van der Waals surface area contributed by atoms with E-state index in [1.807, 2.05) is 24.3 Å². The van der Waals surface area contributed by atoms with Gasteiger partial charge >= 0.3 is 37.9 Å². The summed E-state index contributed by atoms with van der Waals surface area (Å²) in [6, 6.07) is 29.2. The number of hydrogen-bond donors (Lipinski definition) is 0. The van der Waals surface area contributed by atoms with Crippen molar-refractivity contribution in [2.75, 3.05) is 0 Å². The Labute approximate surface area is 234 Å². The predicted octanol–water partition coefficient (Wildman–Crippen LogP) is 10.4. The Morgan fingerprint density at radius 3 is 1.39 bits per heavy atom. The fourth-order valence-corrected chi connectivity index (χ4v) is 4.06. The van der Waals surface area contributed by atoms with Crippen LogP contribution in [0.5, 0.6) is 0 Å². The van der Waals surface area contributed by atoms with Gasteiger partial charge in [0.25, 0.3) is 0 Å². The zero-order valence-corrected chi connectivity index (χ0v) is 25.8. The minimum atomic E-state index is -0.826. The normalized spacial score (nSPS) is 9.94. The van der Waals surface area contributed by atoms with Crippen LogP contribution in [0, 0.1) is 13.8 Å². The minimum absolute atomic E-state index is 0.826. The summed E-state index contributed by atoms with van der Waals surface area (Å²) in [5.41, 5.74) is 4.93. The summed E-state index contributed by atoms with van der Waals surface area (Å²) in [6.45, 7) is 8.54. The maximum absolute atomic E-state index is 5.44. The van der Waals surface area contributed by atoms with E-state index in [1.54, 1.807) is 12.5 Å². The van der Waals surface area contributed by atoms with Crippen LogP contribution in [-0.2, 0) is 20.8 Å². The summed E-state index contributed by atoms with van der Waals surface area (Å²) in [7, 11) is 11.0. The van der Waals surface area contributed by atoms with Crippen LogP contribution in [0.1, 0.15) is 11.1 Å². The molecule has 2 nitrogen and oxygen atoms in total. The van der Waals surface area contributed by atoms with Crippen LogP contribution < -0.4 is 0 Å². The number of aryl methyl sites for hydroxylation is 2. The topological polar surface area (TPSA) is 26.3 Å². The van der Waals surface area contributed by atoms with Crippen molar-refractivity contribution < 1.29 is 29.7 Å². The SMILES string of the molecule is C[Si]C.Cc1cc2c(-c3ccco3)cccc2[cH-]1.Cc1cc2c(-c3ccco3)cccc2[cH-]1.[Cl][Zr+2][Cl]. The van der Waals surface area contributed by atoms with Crippen molar-refractivity contribution in [1.29, 1.82) is 0 Å². The van der Waals surface area contributed by atoms with Crippen molar-refractivity contribution in [3.8, 4) is 22.6 Å². The fraction of sp³-hybridized carbons (Fsp3) is 0.133. The summed E-state index contributed by atoms with van der Waals surface area (Å²) in [6.07, 6.45) is 3.42. The molecule has 0 unspecified atom stereocenters. The molecule has 0 amide bonds. The van der Waals surface area contributed by atoms with Gasteiger partial charge in [0.15, 0.2) is 0 Å². The van der Waals surface area contributed by atoms with Crippen LogP contribution in [0.4, 0.5) is 0 Å². The van der Waals surface area contributed by atoms with Crippen LogP contribution in [0.2, 0.25) is 13.1 Å². The number of benzene rings is 2. The van der Waals surface area contributed by atoms with Crippen LogP contribution in [0.3, 0.4) is 0 Å². The van der Waals surface area contributed by atoms with E-state index in [4.69, 9.17) is 25.9 Å². The van der Waals surface area contributed by atoms with Crippen molar-refractivity contribution >= 4 is 48.1 Å². The third-order valence-corrected chi connectivity index (χ3v) is 5.36. The van der Waals surface area contributed by atoms with E-state index in [0.29, 0.717) is 0 Å². The van der Waals surface area contributed by atoms with Gasteiger partial charge in [0.2, 0.25) is 0 Å². The van der Waals surface area contributed by atoms with Gasteiger partial charge in [-0.05, 0) is 35.4 Å². The Morgan fingerprint density at radius 1 is 0.667 bits per heavy atom. The van der Waals surface area contributed by atoms with Gasteiger partial charge in [-0.25, -0.2) is 0 Å². The van der Waals surface area contributed by atoms with E-state index in [9.17, 15) is 0 Å². The molecular weight excluding hydrogens is 583 g/mol. The van der Waals surface area contributed by atoms with E-state index in [-0.39, 0.29) is 0 Å². The summed E-state index contributed by atoms with van der Waals surface area (Å²) in [5, 5.41) is 5.10. The maximum atomic E-state index is 5.44. The van der Waals surface area contributed by atoms with Gasteiger partial charge < -0.3 is 8.83 Å². The van der Waals surface area contributed by atoms with Crippen molar-refractivity contribution in [2.24, 2.45) is 0 Å². The van der Waals surface area contributed by atoms with E-state index < -0.39 is 20.8 Å². The monoisotopic (exact) mass is 608 g/mol. The van der Waals surface area contributed by atoms with E-state index in [2.05, 4.69) is 87.6 Å². The van der Waals surface area contributed by atoms with E-state index >= 15 is 0 Å². The molecule has 0 aliphatic heterocycles. The Morgan fingerprint density at radius 2 is 1.06 bits per heavy atom. The average Bonchev–Trinajstić information content (AvgIpc) is 3.66. The molecule has 6 heteroatoms. The Hall–Kier alpha value is -2.10. The first kappa shape index (κ1) is 28.5. The number of fused-ring (bicyclic) bond motifs is 2. The molecule has 0 aliphatic carbocycles. The van der Waals surface area contributed by atoms with Crippen LogP contribution in [0.15, 0.2) is 106 Å². The first-order chi connectivity index (χ1) is 17.5. The average molecular weight is 611 g/mol. The molecule has 36 heavy (non-hydrogen) atoms. The van der Waals surface area contributed by atoms with Gasteiger partial charge in [0.1, 0.15) is 11.5 Å². The Balaban J connectivity index is 0.000000165. The molecule has 2 aromatic heterocycles. The van der Waals surface area contributed by atoms with Crippen LogP contribution in [0.25, 0.3) is 44.2 Å². The number of rotatable bonds is 2. The molecule has 0 spiro atoms. The number of furan rings is 2. The molecule has 2 radical (unpaired) electrons. The molecule has 6 aromatic rings. The predicted molar refractivity (Wildman–Crippen MR) is 153 cm³/mol. The summed E-state index contributed by atoms with van der Waals surface area (Å²) < 4.78 is 10.9. The van der Waals surface area contributed by atoms with Crippen molar-refractivity contribution in [2.45, 2.75) is 26.9 Å². The van der Waals surface area contributed by atoms with Gasteiger partial charge in [0, 0.05) is 9.52 Å². The number of halogens is 2.